The molecule has 0 spiro atoms. The summed E-state index contributed by atoms with van der Waals surface area (Å²) in [5.41, 5.74) is 1.18. The molecule has 0 heterocycles. The summed E-state index contributed by atoms with van der Waals surface area (Å²) in [7, 11) is 0. The molecule has 0 bridgehead atoms. The molecule has 2 N–H and O–H groups in total. The predicted octanol–water partition coefficient (Wildman–Crippen LogP) is 4.86. The molecule has 196 valence electrons. The summed E-state index contributed by atoms with van der Waals surface area (Å²) < 4.78 is 15.9. The first-order valence-electron chi connectivity index (χ1n) is 12.1. The molecule has 2 aromatic carbocycles. The molecule has 36 heavy (non-hydrogen) atoms. The smallest absolute Gasteiger partial charge is 0.410 e. The lowest BCUT2D eigenvalue weighted by atomic mass is 10.2. The van der Waals surface area contributed by atoms with E-state index in [0.717, 1.165) is 11.1 Å². The van der Waals surface area contributed by atoms with Crippen molar-refractivity contribution in [1.82, 2.24) is 15.5 Å². The van der Waals surface area contributed by atoms with Gasteiger partial charge in [-0.05, 0) is 44.7 Å². The van der Waals surface area contributed by atoms with E-state index < -0.39 is 23.9 Å². The number of carbonyl (C=O) groups excluding carboxylic acids is 3. The molecule has 9 nitrogen and oxygen atoms in total. The van der Waals surface area contributed by atoms with Crippen molar-refractivity contribution in [3.05, 3.63) is 71.8 Å². The molecule has 0 radical (unpaired) electrons. The number of ether oxygens (including phenoxy) is 3. The molecule has 0 atom stereocenters. The quantitative estimate of drug-likeness (QED) is 0.319. The molecule has 3 amide bonds. The second kappa shape index (κ2) is 15.3. The zero-order valence-corrected chi connectivity index (χ0v) is 21.3. The number of alkyl carbamates (subject to hydrolysis) is 2. The number of amides is 3. The molecule has 0 saturated carbocycles. The van der Waals surface area contributed by atoms with Crippen molar-refractivity contribution in [2.24, 2.45) is 0 Å². The van der Waals surface area contributed by atoms with Gasteiger partial charge in [-0.15, -0.1) is 0 Å². The van der Waals surface area contributed by atoms with Crippen LogP contribution in [0.15, 0.2) is 60.7 Å². The summed E-state index contributed by atoms with van der Waals surface area (Å²) in [6.07, 6.45) is -0.430. The van der Waals surface area contributed by atoms with Gasteiger partial charge in [0.2, 0.25) is 0 Å². The first-order chi connectivity index (χ1) is 17.2. The van der Waals surface area contributed by atoms with Crippen LogP contribution in [0.4, 0.5) is 14.4 Å². The second-order valence-electron chi connectivity index (χ2n) is 9.15. The Kier molecular flexibility index (Phi) is 12.1. The van der Waals surface area contributed by atoms with Crippen LogP contribution in [0, 0.1) is 0 Å². The van der Waals surface area contributed by atoms with Crippen molar-refractivity contribution in [1.29, 1.82) is 0 Å². The SMILES string of the molecule is CC(C)(C)OC(=O)N(CCCNC(=O)OCc1ccccc1)CCCNC(=O)OCc1ccccc1. The molecule has 0 saturated heterocycles. The Morgan fingerprint density at radius 3 is 1.53 bits per heavy atom. The molecular formula is C27H37N3O6. The van der Waals surface area contributed by atoms with E-state index in [2.05, 4.69) is 10.6 Å². The highest BCUT2D eigenvalue weighted by atomic mass is 16.6. The van der Waals surface area contributed by atoms with Gasteiger partial charge in [0.05, 0.1) is 0 Å². The van der Waals surface area contributed by atoms with E-state index in [4.69, 9.17) is 14.2 Å². The lowest BCUT2D eigenvalue weighted by molar-refractivity contribution is 0.0246. The summed E-state index contributed by atoms with van der Waals surface area (Å²) in [6, 6.07) is 18.8. The van der Waals surface area contributed by atoms with Crippen molar-refractivity contribution >= 4 is 18.3 Å². The average Bonchev–Trinajstić information content (AvgIpc) is 2.85. The highest BCUT2D eigenvalue weighted by Crippen LogP contribution is 2.11. The van der Waals surface area contributed by atoms with Crippen LogP contribution in [0.2, 0.25) is 0 Å². The van der Waals surface area contributed by atoms with Crippen LogP contribution in [0.25, 0.3) is 0 Å². The first-order valence-corrected chi connectivity index (χ1v) is 12.1. The Labute approximate surface area is 213 Å². The third-order valence-electron chi connectivity index (χ3n) is 4.83. The van der Waals surface area contributed by atoms with Crippen LogP contribution >= 0.6 is 0 Å². The number of carbonyl (C=O) groups is 3. The molecule has 0 aromatic heterocycles. The van der Waals surface area contributed by atoms with E-state index >= 15 is 0 Å². The van der Waals surface area contributed by atoms with Gasteiger partial charge >= 0.3 is 18.3 Å². The van der Waals surface area contributed by atoms with Gasteiger partial charge in [0.15, 0.2) is 0 Å². The summed E-state index contributed by atoms with van der Waals surface area (Å²) in [5.74, 6) is 0. The van der Waals surface area contributed by atoms with Crippen molar-refractivity contribution in [3.63, 3.8) is 0 Å². The zero-order valence-electron chi connectivity index (χ0n) is 21.3. The van der Waals surface area contributed by atoms with Gasteiger partial charge in [-0.2, -0.15) is 0 Å². The fraction of sp³-hybridized carbons (Fsp3) is 0.444. The Morgan fingerprint density at radius 2 is 1.14 bits per heavy atom. The summed E-state index contributed by atoms with van der Waals surface area (Å²) >= 11 is 0. The van der Waals surface area contributed by atoms with E-state index in [-0.39, 0.29) is 13.2 Å². The molecular weight excluding hydrogens is 462 g/mol. The molecule has 9 heteroatoms. The minimum absolute atomic E-state index is 0.192. The summed E-state index contributed by atoms with van der Waals surface area (Å²) in [5, 5.41) is 5.38. The number of nitrogens with zero attached hydrogens (tertiary/aromatic N) is 1. The van der Waals surface area contributed by atoms with Crippen LogP contribution in [-0.4, -0.2) is 55.0 Å². The number of hydrogen-bond acceptors (Lipinski definition) is 6. The van der Waals surface area contributed by atoms with Crippen LogP contribution in [0.1, 0.15) is 44.7 Å². The minimum Gasteiger partial charge on any atom is -0.445 e. The number of benzene rings is 2. The minimum atomic E-state index is -0.631. The van der Waals surface area contributed by atoms with Crippen molar-refractivity contribution < 1.29 is 28.6 Å². The molecule has 0 aliphatic heterocycles. The third kappa shape index (κ3) is 12.6. The first kappa shape index (κ1) is 28.5. The predicted molar refractivity (Wildman–Crippen MR) is 136 cm³/mol. The fourth-order valence-corrected chi connectivity index (χ4v) is 3.09. The second-order valence-corrected chi connectivity index (χ2v) is 9.15. The molecule has 0 unspecified atom stereocenters. The topological polar surface area (TPSA) is 106 Å². The van der Waals surface area contributed by atoms with Crippen LogP contribution in [0.5, 0.6) is 0 Å². The van der Waals surface area contributed by atoms with Crippen LogP contribution in [0.3, 0.4) is 0 Å². The standard InChI is InChI=1S/C27H37N3O6/c1-27(2,3)36-26(33)30(18-10-16-28-24(31)34-20-22-12-6-4-7-13-22)19-11-17-29-25(32)35-21-23-14-8-5-9-15-23/h4-9,12-15H,10-11,16-21H2,1-3H3,(H,28,31)(H,29,32). The van der Waals surface area contributed by atoms with Crippen LogP contribution in [-0.2, 0) is 27.4 Å². The number of rotatable bonds is 12. The Balaban J connectivity index is 1.69. The van der Waals surface area contributed by atoms with Gasteiger partial charge < -0.3 is 29.7 Å². The van der Waals surface area contributed by atoms with Crippen molar-refractivity contribution in [2.45, 2.75) is 52.4 Å². The highest BCUT2D eigenvalue weighted by molar-refractivity contribution is 5.68. The summed E-state index contributed by atoms with van der Waals surface area (Å²) in [6.45, 7) is 7.24. The molecule has 0 fully saturated rings. The van der Waals surface area contributed by atoms with Gasteiger partial charge in [0, 0.05) is 26.2 Å². The molecule has 0 aliphatic rings. The van der Waals surface area contributed by atoms with Crippen molar-refractivity contribution in [3.8, 4) is 0 Å². The van der Waals surface area contributed by atoms with Gasteiger partial charge in [-0.25, -0.2) is 14.4 Å². The van der Waals surface area contributed by atoms with E-state index in [1.54, 1.807) is 25.7 Å². The largest absolute Gasteiger partial charge is 0.445 e. The Bertz CT molecular complexity index is 868. The number of nitrogens with one attached hydrogen (secondary N) is 2. The number of hydrogen-bond donors (Lipinski definition) is 2. The van der Waals surface area contributed by atoms with Gasteiger partial charge in [-0.3, -0.25) is 0 Å². The maximum absolute atomic E-state index is 12.6. The Hall–Kier alpha value is -3.75. The maximum Gasteiger partial charge on any atom is 0.410 e. The normalized spacial score (nSPS) is 10.8. The van der Waals surface area contributed by atoms with Gasteiger partial charge in [0.1, 0.15) is 18.8 Å². The zero-order chi connectivity index (χ0) is 26.2. The third-order valence-corrected chi connectivity index (χ3v) is 4.83. The van der Waals surface area contributed by atoms with Gasteiger partial charge in [-0.1, -0.05) is 60.7 Å². The summed E-state index contributed by atoms with van der Waals surface area (Å²) in [4.78, 5) is 38.0. The van der Waals surface area contributed by atoms with Crippen LogP contribution < -0.4 is 10.6 Å². The van der Waals surface area contributed by atoms with E-state index in [1.807, 2.05) is 60.7 Å². The lowest BCUT2D eigenvalue weighted by Crippen LogP contribution is -2.40. The molecule has 0 aliphatic carbocycles. The monoisotopic (exact) mass is 499 g/mol. The van der Waals surface area contributed by atoms with E-state index in [9.17, 15) is 14.4 Å². The van der Waals surface area contributed by atoms with Crippen molar-refractivity contribution in [2.75, 3.05) is 26.2 Å². The molecule has 2 aromatic rings. The Morgan fingerprint density at radius 1 is 0.722 bits per heavy atom. The maximum atomic E-state index is 12.6. The lowest BCUT2D eigenvalue weighted by Gasteiger charge is -2.27. The molecule has 2 rings (SSSR count). The fourth-order valence-electron chi connectivity index (χ4n) is 3.09. The van der Waals surface area contributed by atoms with E-state index in [0.29, 0.717) is 39.0 Å². The van der Waals surface area contributed by atoms with Gasteiger partial charge in [0.25, 0.3) is 0 Å². The highest BCUT2D eigenvalue weighted by Gasteiger charge is 2.21. The average molecular weight is 500 g/mol. The van der Waals surface area contributed by atoms with E-state index in [1.165, 1.54) is 0 Å².